The first-order valence-electron chi connectivity index (χ1n) is 7.61. The molecule has 1 N–H and O–H groups in total. The number of hydrogen-bond acceptors (Lipinski definition) is 3. The third-order valence-corrected chi connectivity index (χ3v) is 4.63. The Hall–Kier alpha value is -2.68. The van der Waals surface area contributed by atoms with Gasteiger partial charge in [0.1, 0.15) is 5.52 Å². The number of carbonyl (C=O) groups is 1. The molecule has 3 rings (SSSR count). The molecule has 116 valence electrons. The van der Waals surface area contributed by atoms with Crippen molar-refractivity contribution in [2.75, 3.05) is 0 Å². The van der Waals surface area contributed by atoms with E-state index in [0.29, 0.717) is 16.6 Å². The van der Waals surface area contributed by atoms with Crippen LogP contribution < -0.4 is 0 Å². The first-order chi connectivity index (χ1) is 10.9. The van der Waals surface area contributed by atoms with Crippen LogP contribution in [0.15, 0.2) is 36.5 Å². The number of fused-ring (bicyclic) bond motifs is 1. The maximum absolute atomic E-state index is 12.8. The molecule has 0 saturated heterocycles. The molecule has 1 heterocycles. The van der Waals surface area contributed by atoms with Crippen LogP contribution in [-0.2, 0) is 0 Å². The molecule has 0 unspecified atom stereocenters. The molecule has 1 aromatic heterocycles. The van der Waals surface area contributed by atoms with Gasteiger partial charge in [-0.15, -0.1) is 0 Å². The van der Waals surface area contributed by atoms with Crippen molar-refractivity contribution < 1.29 is 9.90 Å². The van der Waals surface area contributed by atoms with Gasteiger partial charge in [0.25, 0.3) is 0 Å². The van der Waals surface area contributed by atoms with Crippen molar-refractivity contribution >= 4 is 16.7 Å². The molecular formula is C20H19NO2. The average molecular weight is 305 g/mol. The molecule has 0 atom stereocenters. The maximum atomic E-state index is 12.8. The Balaban J connectivity index is 2.36. The monoisotopic (exact) mass is 305 g/mol. The zero-order chi connectivity index (χ0) is 16.7. The van der Waals surface area contributed by atoms with E-state index in [9.17, 15) is 9.90 Å². The molecule has 3 nitrogen and oxygen atoms in total. The van der Waals surface area contributed by atoms with Gasteiger partial charge in [-0.1, -0.05) is 30.3 Å². The SMILES string of the molecule is Cc1cnc2c(O)c(C(=O)c3ccccc3)c(C)c(C)c2c1C. The van der Waals surface area contributed by atoms with E-state index >= 15 is 0 Å². The lowest BCUT2D eigenvalue weighted by Gasteiger charge is -2.16. The van der Waals surface area contributed by atoms with Crippen LogP contribution in [0.2, 0.25) is 0 Å². The summed E-state index contributed by atoms with van der Waals surface area (Å²) in [4.78, 5) is 17.2. The van der Waals surface area contributed by atoms with Crippen LogP contribution in [0.3, 0.4) is 0 Å². The van der Waals surface area contributed by atoms with Crippen LogP contribution in [-0.4, -0.2) is 15.9 Å². The lowest BCUT2D eigenvalue weighted by atomic mass is 9.90. The molecule has 0 amide bonds. The summed E-state index contributed by atoms with van der Waals surface area (Å²) in [6.45, 7) is 7.87. The fourth-order valence-corrected chi connectivity index (χ4v) is 3.02. The number of nitrogens with zero attached hydrogens (tertiary/aromatic N) is 1. The van der Waals surface area contributed by atoms with Gasteiger partial charge in [0.15, 0.2) is 11.5 Å². The van der Waals surface area contributed by atoms with Crippen molar-refractivity contribution in [3.63, 3.8) is 0 Å². The summed E-state index contributed by atoms with van der Waals surface area (Å²) in [5.74, 6) is -0.203. The highest BCUT2D eigenvalue weighted by Gasteiger charge is 2.22. The van der Waals surface area contributed by atoms with Gasteiger partial charge in [-0.2, -0.15) is 0 Å². The minimum absolute atomic E-state index is 0.0277. The molecule has 0 aliphatic heterocycles. The summed E-state index contributed by atoms with van der Waals surface area (Å²) < 4.78 is 0. The summed E-state index contributed by atoms with van der Waals surface area (Å²) in [5.41, 5.74) is 5.36. The van der Waals surface area contributed by atoms with E-state index < -0.39 is 0 Å². The zero-order valence-corrected chi connectivity index (χ0v) is 13.8. The molecule has 0 aliphatic carbocycles. The highest BCUT2D eigenvalue weighted by molar-refractivity contribution is 6.15. The topological polar surface area (TPSA) is 50.2 Å². The van der Waals surface area contributed by atoms with Crippen molar-refractivity contribution in [3.8, 4) is 5.75 Å². The fourth-order valence-electron chi connectivity index (χ4n) is 3.02. The van der Waals surface area contributed by atoms with Crippen LogP contribution >= 0.6 is 0 Å². The third-order valence-electron chi connectivity index (χ3n) is 4.63. The average Bonchev–Trinajstić information content (AvgIpc) is 2.56. The second-order valence-corrected chi connectivity index (χ2v) is 5.96. The first kappa shape index (κ1) is 15.2. The van der Waals surface area contributed by atoms with Gasteiger partial charge >= 0.3 is 0 Å². The van der Waals surface area contributed by atoms with Crippen molar-refractivity contribution in [3.05, 3.63) is 69.9 Å². The molecule has 3 aromatic rings. The van der Waals surface area contributed by atoms with Crippen molar-refractivity contribution in [1.82, 2.24) is 4.98 Å². The number of aromatic nitrogens is 1. The predicted molar refractivity (Wildman–Crippen MR) is 92.2 cm³/mol. The minimum Gasteiger partial charge on any atom is -0.505 e. The van der Waals surface area contributed by atoms with Crippen molar-refractivity contribution in [2.45, 2.75) is 27.7 Å². The summed E-state index contributed by atoms with van der Waals surface area (Å²) in [6.07, 6.45) is 1.74. The van der Waals surface area contributed by atoms with E-state index in [1.807, 2.05) is 45.9 Å². The molecule has 0 saturated carbocycles. The Morgan fingerprint density at radius 1 is 0.957 bits per heavy atom. The number of hydrogen-bond donors (Lipinski definition) is 1. The number of rotatable bonds is 2. The number of aryl methyl sites for hydroxylation is 3. The Morgan fingerprint density at radius 2 is 1.61 bits per heavy atom. The summed E-state index contributed by atoms with van der Waals surface area (Å²) in [5, 5.41) is 11.7. The molecule has 0 aliphatic rings. The van der Waals surface area contributed by atoms with Gasteiger partial charge < -0.3 is 5.11 Å². The number of benzene rings is 2. The van der Waals surface area contributed by atoms with Gasteiger partial charge in [0, 0.05) is 17.1 Å². The lowest BCUT2D eigenvalue weighted by Crippen LogP contribution is -2.07. The van der Waals surface area contributed by atoms with Crippen LogP contribution in [0.25, 0.3) is 10.9 Å². The summed E-state index contributed by atoms with van der Waals surface area (Å²) in [7, 11) is 0. The molecule has 23 heavy (non-hydrogen) atoms. The van der Waals surface area contributed by atoms with E-state index in [0.717, 1.165) is 27.6 Å². The van der Waals surface area contributed by atoms with Crippen molar-refractivity contribution in [2.24, 2.45) is 0 Å². The quantitative estimate of drug-likeness (QED) is 0.714. The molecule has 0 fully saturated rings. The number of phenolic OH excluding ortho intramolecular Hbond substituents is 1. The molecule has 0 radical (unpaired) electrons. The second-order valence-electron chi connectivity index (χ2n) is 5.96. The van der Waals surface area contributed by atoms with Gasteiger partial charge in [-0.3, -0.25) is 9.78 Å². The summed E-state index contributed by atoms with van der Waals surface area (Å²) in [6, 6.07) is 9.02. The molecular weight excluding hydrogens is 286 g/mol. The van der Waals surface area contributed by atoms with Gasteiger partial charge in [0.05, 0.1) is 5.56 Å². The lowest BCUT2D eigenvalue weighted by molar-refractivity contribution is 0.103. The highest BCUT2D eigenvalue weighted by Crippen LogP contribution is 2.37. The number of aromatic hydroxyl groups is 1. The van der Waals surface area contributed by atoms with Gasteiger partial charge in [-0.05, 0) is 49.9 Å². The maximum Gasteiger partial charge on any atom is 0.197 e. The van der Waals surface area contributed by atoms with Crippen molar-refractivity contribution in [1.29, 1.82) is 0 Å². The Bertz CT molecular complexity index is 928. The van der Waals surface area contributed by atoms with Crippen LogP contribution in [0, 0.1) is 27.7 Å². The number of carbonyl (C=O) groups excluding carboxylic acids is 1. The molecule has 0 spiro atoms. The van der Waals surface area contributed by atoms with Crippen LogP contribution in [0.5, 0.6) is 5.75 Å². The normalized spacial score (nSPS) is 11.0. The Labute approximate surface area is 135 Å². The van der Waals surface area contributed by atoms with E-state index in [2.05, 4.69) is 4.98 Å². The van der Waals surface area contributed by atoms with E-state index in [1.165, 1.54) is 0 Å². The molecule has 2 aromatic carbocycles. The summed E-state index contributed by atoms with van der Waals surface area (Å²) >= 11 is 0. The third kappa shape index (κ3) is 2.29. The number of ketones is 1. The fraction of sp³-hybridized carbons (Fsp3) is 0.200. The van der Waals surface area contributed by atoms with Gasteiger partial charge in [0.2, 0.25) is 0 Å². The predicted octanol–water partition coefficient (Wildman–Crippen LogP) is 4.41. The number of pyridine rings is 1. The Kier molecular flexibility index (Phi) is 3.64. The van der Waals surface area contributed by atoms with Gasteiger partial charge in [-0.25, -0.2) is 0 Å². The highest BCUT2D eigenvalue weighted by atomic mass is 16.3. The zero-order valence-electron chi connectivity index (χ0n) is 13.8. The van der Waals surface area contributed by atoms with E-state index in [4.69, 9.17) is 0 Å². The molecule has 3 heteroatoms. The largest absolute Gasteiger partial charge is 0.505 e. The minimum atomic E-state index is -0.175. The van der Waals surface area contributed by atoms with Crippen LogP contribution in [0.4, 0.5) is 0 Å². The smallest absolute Gasteiger partial charge is 0.197 e. The van der Waals surface area contributed by atoms with E-state index in [-0.39, 0.29) is 11.5 Å². The second kappa shape index (κ2) is 5.51. The Morgan fingerprint density at radius 3 is 2.26 bits per heavy atom. The van der Waals surface area contributed by atoms with E-state index in [1.54, 1.807) is 18.3 Å². The standard InChI is InChI=1S/C20H19NO2/c1-11-10-21-18-16(12(11)2)13(3)14(4)17(20(18)23)19(22)15-8-6-5-7-9-15/h5-10,23H,1-4H3. The molecule has 0 bridgehead atoms. The number of phenols is 1. The van der Waals surface area contributed by atoms with Crippen LogP contribution in [0.1, 0.15) is 38.2 Å². The first-order valence-corrected chi connectivity index (χ1v) is 7.61.